The lowest BCUT2D eigenvalue weighted by Crippen LogP contribution is -2.00. The molecule has 1 aromatic heterocycles. The van der Waals surface area contributed by atoms with Crippen molar-refractivity contribution >= 4 is 23.2 Å². The van der Waals surface area contributed by atoms with Crippen LogP contribution < -0.4 is 0 Å². The van der Waals surface area contributed by atoms with Gasteiger partial charge < -0.3 is 0 Å². The third-order valence-electron chi connectivity index (χ3n) is 2.86. The van der Waals surface area contributed by atoms with Gasteiger partial charge in [-0.2, -0.15) is 0 Å². The second-order valence-electron chi connectivity index (χ2n) is 4.66. The molecule has 19 heavy (non-hydrogen) atoms. The number of aryl methyl sites for hydroxylation is 1. The number of benzene rings is 1. The minimum absolute atomic E-state index is 0.142. The van der Waals surface area contributed by atoms with E-state index in [1.54, 1.807) is 13.0 Å². The normalized spacial score (nSPS) is 11.1. The van der Waals surface area contributed by atoms with E-state index < -0.39 is 0 Å². The molecule has 0 spiro atoms. The quantitative estimate of drug-likeness (QED) is 0.727. The molecule has 0 aliphatic heterocycles. The van der Waals surface area contributed by atoms with Gasteiger partial charge in [0.05, 0.1) is 0 Å². The van der Waals surface area contributed by atoms with E-state index in [9.17, 15) is 4.39 Å². The van der Waals surface area contributed by atoms with E-state index in [0.717, 1.165) is 16.7 Å². The van der Waals surface area contributed by atoms with Crippen molar-refractivity contribution in [1.29, 1.82) is 0 Å². The van der Waals surface area contributed by atoms with E-state index in [0.29, 0.717) is 16.1 Å². The molecular weight excluding hydrogens is 286 g/mol. The van der Waals surface area contributed by atoms with Crippen molar-refractivity contribution in [3.63, 3.8) is 0 Å². The molecular formula is C14H13Cl2FN2. The number of rotatable bonds is 2. The minimum Gasteiger partial charge on any atom is -0.216 e. The van der Waals surface area contributed by atoms with Gasteiger partial charge in [-0.15, -0.1) is 0 Å². The van der Waals surface area contributed by atoms with Crippen molar-refractivity contribution in [1.82, 2.24) is 9.97 Å². The van der Waals surface area contributed by atoms with Crippen LogP contribution in [-0.2, 0) is 0 Å². The summed E-state index contributed by atoms with van der Waals surface area (Å²) in [5.41, 5.74) is 2.19. The monoisotopic (exact) mass is 298 g/mol. The van der Waals surface area contributed by atoms with Crippen LogP contribution in [0.25, 0.3) is 11.4 Å². The molecule has 1 aromatic carbocycles. The molecule has 1 heterocycles. The Hall–Kier alpha value is -1.19. The molecule has 0 fully saturated rings. The highest BCUT2D eigenvalue weighted by Crippen LogP contribution is 2.31. The Labute approximate surface area is 121 Å². The van der Waals surface area contributed by atoms with Crippen LogP contribution in [0.15, 0.2) is 18.2 Å². The number of hydrogen-bond donors (Lipinski definition) is 0. The molecule has 0 amide bonds. The molecule has 0 aliphatic carbocycles. The summed E-state index contributed by atoms with van der Waals surface area (Å²) in [4.78, 5) is 8.53. The van der Waals surface area contributed by atoms with Crippen LogP contribution >= 0.6 is 23.2 Å². The molecule has 0 atom stereocenters. The van der Waals surface area contributed by atoms with E-state index in [2.05, 4.69) is 9.97 Å². The Bertz CT molecular complexity index is 604. The lowest BCUT2D eigenvalue weighted by Gasteiger charge is -2.12. The first kappa shape index (κ1) is 14.2. The van der Waals surface area contributed by atoms with Gasteiger partial charge >= 0.3 is 0 Å². The van der Waals surface area contributed by atoms with Gasteiger partial charge in [-0.1, -0.05) is 37.0 Å². The first-order chi connectivity index (χ1) is 8.90. The minimum atomic E-state index is -0.294. The van der Waals surface area contributed by atoms with Crippen LogP contribution in [0.5, 0.6) is 0 Å². The van der Waals surface area contributed by atoms with Crippen molar-refractivity contribution in [2.75, 3.05) is 0 Å². The third-order valence-corrected chi connectivity index (χ3v) is 3.44. The average molecular weight is 299 g/mol. The lowest BCUT2D eigenvalue weighted by molar-refractivity contribution is 0.627. The highest BCUT2D eigenvalue weighted by atomic mass is 35.5. The second kappa shape index (κ2) is 5.43. The van der Waals surface area contributed by atoms with Gasteiger partial charge in [0.1, 0.15) is 16.1 Å². The van der Waals surface area contributed by atoms with Crippen molar-refractivity contribution in [3.05, 3.63) is 45.4 Å². The van der Waals surface area contributed by atoms with Gasteiger partial charge in [0.15, 0.2) is 5.82 Å². The molecule has 0 bridgehead atoms. The lowest BCUT2D eigenvalue weighted by atomic mass is 10.1. The highest BCUT2D eigenvalue weighted by Gasteiger charge is 2.16. The SMILES string of the molecule is Cc1cc(F)ccc1-c1nc(Cl)c(C(C)C)c(Cl)n1. The summed E-state index contributed by atoms with van der Waals surface area (Å²) < 4.78 is 13.1. The smallest absolute Gasteiger partial charge is 0.162 e. The van der Waals surface area contributed by atoms with Gasteiger partial charge in [-0.3, -0.25) is 0 Å². The Morgan fingerprint density at radius 1 is 1.11 bits per heavy atom. The molecule has 0 N–H and O–H groups in total. The summed E-state index contributed by atoms with van der Waals surface area (Å²) in [6, 6.07) is 4.42. The zero-order valence-corrected chi connectivity index (χ0v) is 12.3. The van der Waals surface area contributed by atoms with Gasteiger partial charge in [0, 0.05) is 11.1 Å². The van der Waals surface area contributed by atoms with E-state index in [1.165, 1.54) is 12.1 Å². The molecule has 5 heteroatoms. The van der Waals surface area contributed by atoms with Crippen LogP contribution in [0.3, 0.4) is 0 Å². The number of aromatic nitrogens is 2. The van der Waals surface area contributed by atoms with Gasteiger partial charge in [-0.05, 0) is 36.6 Å². The first-order valence-electron chi connectivity index (χ1n) is 5.89. The average Bonchev–Trinajstić information content (AvgIpc) is 2.26. The highest BCUT2D eigenvalue weighted by molar-refractivity contribution is 6.34. The van der Waals surface area contributed by atoms with Crippen molar-refractivity contribution < 1.29 is 4.39 Å². The fraction of sp³-hybridized carbons (Fsp3) is 0.286. The van der Waals surface area contributed by atoms with E-state index in [-0.39, 0.29) is 11.7 Å². The maximum absolute atomic E-state index is 13.1. The van der Waals surface area contributed by atoms with Crippen molar-refractivity contribution in [2.45, 2.75) is 26.7 Å². The maximum Gasteiger partial charge on any atom is 0.162 e. The number of nitrogens with zero attached hydrogens (tertiary/aromatic N) is 2. The van der Waals surface area contributed by atoms with Crippen LogP contribution in [0.2, 0.25) is 10.3 Å². The summed E-state index contributed by atoms with van der Waals surface area (Å²) in [7, 11) is 0. The van der Waals surface area contributed by atoms with Gasteiger partial charge in [0.25, 0.3) is 0 Å². The Kier molecular flexibility index (Phi) is 4.07. The molecule has 100 valence electrons. The van der Waals surface area contributed by atoms with Crippen molar-refractivity contribution in [3.8, 4) is 11.4 Å². The van der Waals surface area contributed by atoms with Crippen LogP contribution in [0.4, 0.5) is 4.39 Å². The predicted octanol–water partition coefficient (Wildman–Crippen LogP) is 5.02. The molecule has 2 nitrogen and oxygen atoms in total. The first-order valence-corrected chi connectivity index (χ1v) is 6.65. The van der Waals surface area contributed by atoms with Crippen LogP contribution in [0, 0.1) is 12.7 Å². The van der Waals surface area contributed by atoms with Crippen molar-refractivity contribution in [2.24, 2.45) is 0 Å². The zero-order valence-electron chi connectivity index (χ0n) is 10.8. The molecule has 2 rings (SSSR count). The molecule has 0 saturated heterocycles. The fourth-order valence-electron chi connectivity index (χ4n) is 1.89. The summed E-state index contributed by atoms with van der Waals surface area (Å²) in [5, 5.41) is 0.683. The maximum atomic E-state index is 13.1. The Morgan fingerprint density at radius 2 is 1.68 bits per heavy atom. The molecule has 0 radical (unpaired) electrons. The molecule has 0 aliphatic rings. The van der Waals surface area contributed by atoms with Gasteiger partial charge in [-0.25, -0.2) is 14.4 Å². The summed E-state index contributed by atoms with van der Waals surface area (Å²) in [6.07, 6.45) is 0. The van der Waals surface area contributed by atoms with E-state index in [1.807, 2.05) is 13.8 Å². The Balaban J connectivity index is 2.58. The third kappa shape index (κ3) is 2.88. The second-order valence-corrected chi connectivity index (χ2v) is 5.37. The Morgan fingerprint density at radius 3 is 2.16 bits per heavy atom. The van der Waals surface area contributed by atoms with Gasteiger partial charge in [0.2, 0.25) is 0 Å². The summed E-state index contributed by atoms with van der Waals surface area (Å²) >= 11 is 12.3. The number of hydrogen-bond acceptors (Lipinski definition) is 2. The predicted molar refractivity (Wildman–Crippen MR) is 76.3 cm³/mol. The number of halogens is 3. The van der Waals surface area contributed by atoms with E-state index >= 15 is 0 Å². The summed E-state index contributed by atoms with van der Waals surface area (Å²) in [6.45, 7) is 5.73. The molecule has 0 saturated carbocycles. The van der Waals surface area contributed by atoms with Crippen LogP contribution in [0.1, 0.15) is 30.9 Å². The zero-order chi connectivity index (χ0) is 14.2. The largest absolute Gasteiger partial charge is 0.216 e. The van der Waals surface area contributed by atoms with E-state index in [4.69, 9.17) is 23.2 Å². The van der Waals surface area contributed by atoms with Crippen LogP contribution in [-0.4, -0.2) is 9.97 Å². The molecule has 0 unspecified atom stereocenters. The fourth-order valence-corrected chi connectivity index (χ4v) is 2.72. The molecule has 2 aromatic rings. The summed E-state index contributed by atoms with van der Waals surface area (Å²) in [5.74, 6) is 0.262. The topological polar surface area (TPSA) is 25.8 Å². The standard InChI is InChI=1S/C14H13Cl2FN2/c1-7(2)11-12(15)18-14(19-13(11)16)10-5-4-9(17)6-8(10)3/h4-7H,1-3H3.